The molecule has 47 heavy (non-hydrogen) atoms. The van der Waals surface area contributed by atoms with Crippen LogP contribution >= 0.6 is 0 Å². The summed E-state index contributed by atoms with van der Waals surface area (Å²) in [7, 11) is 1.75. The molecule has 2 unspecified atom stereocenters. The van der Waals surface area contributed by atoms with Gasteiger partial charge in [-0.05, 0) is 50.4 Å². The van der Waals surface area contributed by atoms with Crippen LogP contribution in [0.2, 0.25) is 0 Å². The zero-order chi connectivity index (χ0) is 33.0. The average Bonchev–Trinajstić information content (AvgIpc) is 3.71. The molecule has 6 rings (SSSR count). The van der Waals surface area contributed by atoms with Crippen molar-refractivity contribution in [2.45, 2.75) is 76.4 Å². The predicted octanol–water partition coefficient (Wildman–Crippen LogP) is 5.88. The van der Waals surface area contributed by atoms with Gasteiger partial charge in [-0.1, -0.05) is 31.9 Å². The molecule has 2 fully saturated rings. The molecule has 13 heteroatoms. The fourth-order valence-electron chi connectivity index (χ4n) is 6.79. The third-order valence-electron chi connectivity index (χ3n) is 9.34. The monoisotopic (exact) mass is 652 g/mol. The number of likely N-dealkylation sites (tertiary alicyclic amines) is 1. The molecular weight excluding hydrogens is 609 g/mol. The highest BCUT2D eigenvalue weighted by Crippen LogP contribution is 2.44. The minimum absolute atomic E-state index is 0.00111. The molecule has 1 aliphatic carbocycles. The summed E-state index contributed by atoms with van der Waals surface area (Å²) in [4.78, 5) is 20.1. The summed E-state index contributed by atoms with van der Waals surface area (Å²) < 4.78 is 49.1. The lowest BCUT2D eigenvalue weighted by Gasteiger charge is -2.50. The number of pyridine rings is 1. The van der Waals surface area contributed by atoms with Crippen LogP contribution in [-0.2, 0) is 12.7 Å². The van der Waals surface area contributed by atoms with Crippen molar-refractivity contribution in [1.82, 2.24) is 39.5 Å². The second-order valence-corrected chi connectivity index (χ2v) is 12.7. The summed E-state index contributed by atoms with van der Waals surface area (Å²) in [6.45, 7) is 4.32. The first kappa shape index (κ1) is 33.1. The summed E-state index contributed by atoms with van der Waals surface area (Å²) in [5.74, 6) is 0.291. The number of alkyl halides is 3. The molecule has 2 N–H and O–H groups in total. The van der Waals surface area contributed by atoms with Crippen LogP contribution in [0, 0.1) is 5.92 Å². The zero-order valence-corrected chi connectivity index (χ0v) is 26.9. The number of fused-ring (bicyclic) bond motifs is 1. The van der Waals surface area contributed by atoms with Gasteiger partial charge in [-0.2, -0.15) is 18.3 Å². The highest BCUT2D eigenvalue weighted by atomic mass is 19.4. The normalized spacial score (nSPS) is 21.2. The van der Waals surface area contributed by atoms with Gasteiger partial charge in [0.25, 0.3) is 0 Å². The van der Waals surface area contributed by atoms with Gasteiger partial charge < -0.3 is 14.8 Å². The van der Waals surface area contributed by atoms with E-state index in [1.807, 2.05) is 18.5 Å². The molecule has 5 heterocycles. The molecule has 0 spiro atoms. The van der Waals surface area contributed by atoms with Crippen LogP contribution in [0.4, 0.5) is 13.2 Å². The van der Waals surface area contributed by atoms with E-state index in [1.54, 1.807) is 24.3 Å². The molecule has 4 aromatic heterocycles. The van der Waals surface area contributed by atoms with Gasteiger partial charge in [0.15, 0.2) is 0 Å². The number of nitrogens with one attached hydrogen (secondary N) is 1. The van der Waals surface area contributed by atoms with E-state index in [4.69, 9.17) is 9.84 Å². The Kier molecular flexibility index (Phi) is 10.2. The molecule has 10 nitrogen and oxygen atoms in total. The minimum atomic E-state index is -4.58. The highest BCUT2D eigenvalue weighted by Gasteiger charge is 2.45. The fraction of sp³-hybridized carbons (Fsp3) is 0.529. The maximum Gasteiger partial charge on any atom is 0.433 e. The van der Waals surface area contributed by atoms with E-state index >= 15 is 0 Å². The molecule has 0 radical (unpaired) electrons. The second-order valence-electron chi connectivity index (χ2n) is 12.7. The number of unbranched alkanes of at least 4 members (excludes halogenated alkanes) is 2. The van der Waals surface area contributed by atoms with Gasteiger partial charge in [-0.15, -0.1) is 0 Å². The maximum absolute atomic E-state index is 13.7. The number of allylic oxidation sites excluding steroid dienone is 1. The van der Waals surface area contributed by atoms with Gasteiger partial charge in [0, 0.05) is 67.5 Å². The first-order valence-electron chi connectivity index (χ1n) is 16.5. The van der Waals surface area contributed by atoms with Crippen molar-refractivity contribution in [3.8, 4) is 17.1 Å². The number of likely N-dealkylation sites (N-methyl/N-ethyl adjacent to an activating group) is 1. The summed E-state index contributed by atoms with van der Waals surface area (Å²) >= 11 is 0. The summed E-state index contributed by atoms with van der Waals surface area (Å²) in [6, 6.07) is 5.20. The number of aromatic amines is 1. The maximum atomic E-state index is 13.7. The largest absolute Gasteiger partial charge is 0.474 e. The molecule has 1 aliphatic heterocycles. The number of aromatic nitrogens is 6. The quantitative estimate of drug-likeness (QED) is 0.136. The molecule has 1 saturated heterocycles. The van der Waals surface area contributed by atoms with E-state index in [2.05, 4.69) is 54.8 Å². The highest BCUT2D eigenvalue weighted by molar-refractivity contribution is 5.89. The summed E-state index contributed by atoms with van der Waals surface area (Å²) in [6.07, 6.45) is 13.0. The van der Waals surface area contributed by atoms with Crippen LogP contribution in [0.3, 0.4) is 0 Å². The van der Waals surface area contributed by atoms with Crippen molar-refractivity contribution in [2.24, 2.45) is 5.92 Å². The Labute approximate surface area is 272 Å². The average molecular weight is 653 g/mol. The Morgan fingerprint density at radius 1 is 1.17 bits per heavy atom. The third-order valence-corrected chi connectivity index (χ3v) is 9.34. The smallest absolute Gasteiger partial charge is 0.433 e. The molecule has 0 bridgehead atoms. The fourth-order valence-corrected chi connectivity index (χ4v) is 6.79. The number of ether oxygens (including phenoxy) is 1. The zero-order valence-electron chi connectivity index (χ0n) is 26.9. The Morgan fingerprint density at radius 3 is 2.77 bits per heavy atom. The Balaban J connectivity index is 1.11. The van der Waals surface area contributed by atoms with Crippen LogP contribution in [0.1, 0.15) is 62.7 Å². The van der Waals surface area contributed by atoms with E-state index in [1.165, 1.54) is 0 Å². The number of aliphatic hydroxyl groups excluding tert-OH is 1. The lowest BCUT2D eigenvalue weighted by atomic mass is 9.72. The van der Waals surface area contributed by atoms with Crippen molar-refractivity contribution in [3.05, 3.63) is 66.5 Å². The number of piperidine rings is 1. The van der Waals surface area contributed by atoms with Crippen LogP contribution in [0.25, 0.3) is 22.3 Å². The number of halogens is 3. The number of nitrogens with zero attached hydrogens (tertiary/aromatic N) is 7. The predicted molar refractivity (Wildman–Crippen MR) is 173 cm³/mol. The minimum Gasteiger partial charge on any atom is -0.474 e. The summed E-state index contributed by atoms with van der Waals surface area (Å²) in [5, 5.41) is 14.9. The van der Waals surface area contributed by atoms with Crippen molar-refractivity contribution in [3.63, 3.8) is 0 Å². The first-order valence-corrected chi connectivity index (χ1v) is 16.5. The molecule has 0 amide bonds. The third kappa shape index (κ3) is 7.68. The Hall–Kier alpha value is -3.81. The number of hydrogen-bond acceptors (Lipinski definition) is 8. The Morgan fingerprint density at radius 2 is 2.00 bits per heavy atom. The van der Waals surface area contributed by atoms with Crippen LogP contribution < -0.4 is 4.74 Å². The molecule has 3 atom stereocenters. The van der Waals surface area contributed by atoms with Gasteiger partial charge in [-0.25, -0.2) is 15.0 Å². The SMILES string of the molecule is CCCC/C=C/C1C(N2CCC(Oc3cc(CN(C)CCO)cc(C(F)(F)F)n3)CC2)C[C@@H]1n1cc(-c2ncnc3[nH]ccc23)cn1. The van der Waals surface area contributed by atoms with E-state index in [-0.39, 0.29) is 31.2 Å². The van der Waals surface area contributed by atoms with Crippen LogP contribution in [0.5, 0.6) is 5.88 Å². The molecule has 2 aliphatic rings. The topological polar surface area (TPSA) is 108 Å². The molecule has 252 valence electrons. The van der Waals surface area contributed by atoms with Crippen molar-refractivity contribution in [2.75, 3.05) is 33.3 Å². The first-order chi connectivity index (χ1) is 22.7. The van der Waals surface area contributed by atoms with Gasteiger partial charge in [-0.3, -0.25) is 14.5 Å². The number of H-pyrrole nitrogens is 1. The van der Waals surface area contributed by atoms with Crippen LogP contribution in [0.15, 0.2) is 55.3 Å². The lowest BCUT2D eigenvalue weighted by Crippen LogP contribution is -2.55. The molecular formula is C34H43F3N8O2. The van der Waals surface area contributed by atoms with Crippen molar-refractivity contribution >= 4 is 11.0 Å². The molecule has 4 aromatic rings. The van der Waals surface area contributed by atoms with E-state index in [0.717, 1.165) is 67.1 Å². The molecule has 0 aromatic carbocycles. The van der Waals surface area contributed by atoms with Crippen LogP contribution in [-0.4, -0.2) is 90.1 Å². The number of hydrogen-bond donors (Lipinski definition) is 2. The van der Waals surface area contributed by atoms with E-state index in [9.17, 15) is 18.3 Å². The Bertz CT molecular complexity index is 1650. The second kappa shape index (κ2) is 14.5. The summed E-state index contributed by atoms with van der Waals surface area (Å²) in [5.41, 5.74) is 2.10. The van der Waals surface area contributed by atoms with E-state index < -0.39 is 11.9 Å². The number of rotatable bonds is 13. The lowest BCUT2D eigenvalue weighted by molar-refractivity contribution is -0.141. The van der Waals surface area contributed by atoms with Gasteiger partial charge in [0.2, 0.25) is 5.88 Å². The van der Waals surface area contributed by atoms with Crippen molar-refractivity contribution in [1.29, 1.82) is 0 Å². The van der Waals surface area contributed by atoms with E-state index in [0.29, 0.717) is 36.9 Å². The molecule has 1 saturated carbocycles. The number of aliphatic hydroxyl groups is 1. The van der Waals surface area contributed by atoms with Crippen molar-refractivity contribution < 1.29 is 23.0 Å². The standard InChI is InChI=1S/C34H43F3N8O2/c1-3-4-5-6-7-26-28(18-29(26)45-21-24(19-41-45)32-27-8-11-38-33(27)40-22-39-32)44-12-9-25(10-13-44)47-31-17-23(20-43(2)14-15-46)16-30(42-31)34(35,36)37/h6-8,11,16-17,19,21-22,25-26,28-29,46H,3-5,9-10,12-15,18,20H2,1-2H3,(H,38,39,40)/b7-6+/t26?,28?,29-/m0/s1. The van der Waals surface area contributed by atoms with Gasteiger partial charge in [0.1, 0.15) is 23.8 Å². The van der Waals surface area contributed by atoms with Gasteiger partial charge >= 0.3 is 6.18 Å². The van der Waals surface area contributed by atoms with Gasteiger partial charge in [0.05, 0.1) is 24.5 Å².